The molecule has 2 heteroatoms. The van der Waals surface area contributed by atoms with E-state index in [1.807, 2.05) is 12.1 Å². The smallest absolute Gasteiger partial charge is 0.122 e. The number of halogens is 1. The molecule has 0 N–H and O–H groups in total. The van der Waals surface area contributed by atoms with Crippen molar-refractivity contribution in [3.05, 3.63) is 29.8 Å². The Labute approximate surface area is 115 Å². The van der Waals surface area contributed by atoms with Crippen molar-refractivity contribution < 1.29 is 4.74 Å². The van der Waals surface area contributed by atoms with Gasteiger partial charge in [0.2, 0.25) is 0 Å². The van der Waals surface area contributed by atoms with Crippen LogP contribution in [0.4, 0.5) is 0 Å². The fourth-order valence-corrected chi connectivity index (χ4v) is 3.31. The second-order valence-electron chi connectivity index (χ2n) is 5.55. The molecule has 100 valence electrons. The predicted molar refractivity (Wildman–Crippen MR) is 77.5 cm³/mol. The standard InChI is InChI=1S/C16H23ClO/c1-12-7-9-13(10-8-12)15(17)11-14-5-3-4-6-16(14)18-2/h3-6,12-13,15H,7-11H2,1-2H3. The average Bonchev–Trinajstić information content (AvgIpc) is 2.40. The number of methoxy groups -OCH3 is 1. The summed E-state index contributed by atoms with van der Waals surface area (Å²) in [7, 11) is 1.73. The van der Waals surface area contributed by atoms with Gasteiger partial charge in [0.25, 0.3) is 0 Å². The first-order valence-electron chi connectivity index (χ1n) is 6.96. The highest BCUT2D eigenvalue weighted by atomic mass is 35.5. The average molecular weight is 267 g/mol. The van der Waals surface area contributed by atoms with Gasteiger partial charge in [-0.25, -0.2) is 0 Å². The van der Waals surface area contributed by atoms with Gasteiger partial charge in [-0.3, -0.25) is 0 Å². The molecule has 1 nitrogen and oxygen atoms in total. The second kappa shape index (κ2) is 6.47. The Balaban J connectivity index is 1.96. The van der Waals surface area contributed by atoms with Crippen LogP contribution in [0.5, 0.6) is 5.75 Å². The zero-order valence-corrected chi connectivity index (χ0v) is 12.1. The van der Waals surface area contributed by atoms with Crippen molar-refractivity contribution in [2.24, 2.45) is 11.8 Å². The van der Waals surface area contributed by atoms with Crippen LogP contribution in [0.25, 0.3) is 0 Å². The van der Waals surface area contributed by atoms with Crippen molar-refractivity contribution in [1.29, 1.82) is 0 Å². The molecule has 0 radical (unpaired) electrons. The van der Waals surface area contributed by atoms with Crippen molar-refractivity contribution in [3.63, 3.8) is 0 Å². The molecule has 1 atom stereocenters. The van der Waals surface area contributed by atoms with E-state index in [0.717, 1.165) is 18.1 Å². The summed E-state index contributed by atoms with van der Waals surface area (Å²) in [5.74, 6) is 2.52. The van der Waals surface area contributed by atoms with Gasteiger partial charge < -0.3 is 4.74 Å². The van der Waals surface area contributed by atoms with Crippen molar-refractivity contribution in [2.45, 2.75) is 44.4 Å². The topological polar surface area (TPSA) is 9.23 Å². The highest BCUT2D eigenvalue weighted by Crippen LogP contribution is 2.34. The molecule has 0 heterocycles. The van der Waals surface area contributed by atoms with E-state index in [1.54, 1.807) is 7.11 Å². The monoisotopic (exact) mass is 266 g/mol. The molecule has 0 saturated heterocycles. The van der Waals surface area contributed by atoms with E-state index in [9.17, 15) is 0 Å². The largest absolute Gasteiger partial charge is 0.496 e. The van der Waals surface area contributed by atoms with Crippen LogP contribution < -0.4 is 4.74 Å². The molecule has 1 aliphatic rings. The fraction of sp³-hybridized carbons (Fsp3) is 0.625. The number of rotatable bonds is 4. The van der Waals surface area contributed by atoms with Crippen LogP contribution in [0, 0.1) is 11.8 Å². The Morgan fingerprint density at radius 2 is 1.89 bits per heavy atom. The molecule has 1 aliphatic carbocycles. The van der Waals surface area contributed by atoms with Crippen LogP contribution in [0.15, 0.2) is 24.3 Å². The van der Waals surface area contributed by atoms with Crippen molar-refractivity contribution in [1.82, 2.24) is 0 Å². The molecule has 1 fully saturated rings. The van der Waals surface area contributed by atoms with Crippen molar-refractivity contribution in [2.75, 3.05) is 7.11 Å². The molecule has 0 spiro atoms. The van der Waals surface area contributed by atoms with Crippen molar-refractivity contribution in [3.8, 4) is 5.75 Å². The number of hydrogen-bond donors (Lipinski definition) is 0. The van der Waals surface area contributed by atoms with E-state index in [-0.39, 0.29) is 5.38 Å². The third-order valence-corrected chi connectivity index (χ3v) is 4.69. The molecule has 0 aliphatic heterocycles. The van der Waals surface area contributed by atoms with Gasteiger partial charge in [0, 0.05) is 5.38 Å². The van der Waals surface area contributed by atoms with Crippen molar-refractivity contribution >= 4 is 11.6 Å². The van der Waals surface area contributed by atoms with Crippen LogP contribution in [-0.4, -0.2) is 12.5 Å². The maximum atomic E-state index is 6.62. The Morgan fingerprint density at radius 3 is 2.56 bits per heavy atom. The summed E-state index contributed by atoms with van der Waals surface area (Å²) in [6.45, 7) is 2.35. The van der Waals surface area contributed by atoms with Gasteiger partial charge >= 0.3 is 0 Å². The number of para-hydroxylation sites is 1. The summed E-state index contributed by atoms with van der Waals surface area (Å²) in [6, 6.07) is 8.21. The number of hydrogen-bond acceptors (Lipinski definition) is 1. The zero-order valence-electron chi connectivity index (χ0n) is 11.4. The number of alkyl halides is 1. The summed E-state index contributed by atoms with van der Waals surface area (Å²) in [5.41, 5.74) is 1.23. The first-order chi connectivity index (χ1) is 8.70. The maximum absolute atomic E-state index is 6.62. The minimum atomic E-state index is 0.244. The Morgan fingerprint density at radius 1 is 1.22 bits per heavy atom. The highest BCUT2D eigenvalue weighted by molar-refractivity contribution is 6.20. The van der Waals surface area contributed by atoms with Crippen LogP contribution in [0.1, 0.15) is 38.2 Å². The van der Waals surface area contributed by atoms with Crippen LogP contribution in [0.2, 0.25) is 0 Å². The highest BCUT2D eigenvalue weighted by Gasteiger charge is 2.25. The summed E-state index contributed by atoms with van der Waals surface area (Å²) in [4.78, 5) is 0. The molecule has 18 heavy (non-hydrogen) atoms. The second-order valence-corrected chi connectivity index (χ2v) is 6.11. The lowest BCUT2D eigenvalue weighted by atomic mass is 9.80. The molecule has 1 aromatic carbocycles. The SMILES string of the molecule is COc1ccccc1CC(Cl)C1CCC(C)CC1. The van der Waals surface area contributed by atoms with E-state index in [2.05, 4.69) is 19.1 Å². The lowest BCUT2D eigenvalue weighted by Crippen LogP contribution is -2.23. The third-order valence-electron chi connectivity index (χ3n) is 4.18. The van der Waals surface area contributed by atoms with Gasteiger partial charge in [-0.1, -0.05) is 38.0 Å². The lowest BCUT2D eigenvalue weighted by molar-refractivity contribution is 0.280. The Kier molecular flexibility index (Phi) is 4.94. The van der Waals surface area contributed by atoms with Gasteiger partial charge in [-0.2, -0.15) is 0 Å². The van der Waals surface area contributed by atoms with Crippen LogP contribution in [0.3, 0.4) is 0 Å². The van der Waals surface area contributed by atoms with Gasteiger partial charge in [0.05, 0.1) is 7.11 Å². The quantitative estimate of drug-likeness (QED) is 0.720. The lowest BCUT2D eigenvalue weighted by Gasteiger charge is -2.29. The molecule has 1 aromatic rings. The van der Waals surface area contributed by atoms with Gasteiger partial charge in [-0.15, -0.1) is 11.6 Å². The molecule has 0 amide bonds. The molecule has 1 unspecified atom stereocenters. The molecule has 0 aromatic heterocycles. The maximum Gasteiger partial charge on any atom is 0.122 e. The summed E-state index contributed by atoms with van der Waals surface area (Å²) in [6.07, 6.45) is 6.15. The fourth-order valence-electron chi connectivity index (χ4n) is 2.90. The van der Waals surface area contributed by atoms with E-state index >= 15 is 0 Å². The minimum absolute atomic E-state index is 0.244. The van der Waals surface area contributed by atoms with E-state index < -0.39 is 0 Å². The molecule has 2 rings (SSSR count). The van der Waals surface area contributed by atoms with E-state index in [4.69, 9.17) is 16.3 Å². The number of ether oxygens (including phenoxy) is 1. The van der Waals surface area contributed by atoms with E-state index in [0.29, 0.717) is 5.92 Å². The summed E-state index contributed by atoms with van der Waals surface area (Å²) < 4.78 is 5.39. The third kappa shape index (κ3) is 3.41. The predicted octanol–water partition coefficient (Wildman–Crippen LogP) is 4.67. The van der Waals surface area contributed by atoms with E-state index in [1.165, 1.54) is 31.2 Å². The van der Waals surface area contributed by atoms with Gasteiger partial charge in [0.15, 0.2) is 0 Å². The van der Waals surface area contributed by atoms with Gasteiger partial charge in [0.1, 0.15) is 5.75 Å². The summed E-state index contributed by atoms with van der Waals surface area (Å²) in [5, 5.41) is 0.244. The minimum Gasteiger partial charge on any atom is -0.496 e. The molecule has 1 saturated carbocycles. The summed E-state index contributed by atoms with van der Waals surface area (Å²) >= 11 is 6.62. The number of benzene rings is 1. The van der Waals surface area contributed by atoms with Gasteiger partial charge in [-0.05, 0) is 42.7 Å². The normalized spacial score (nSPS) is 25.7. The first kappa shape index (κ1) is 13.7. The molecular formula is C16H23ClO. The van der Waals surface area contributed by atoms with Crippen LogP contribution in [-0.2, 0) is 6.42 Å². The molecule has 0 bridgehead atoms. The molecular weight excluding hydrogens is 244 g/mol. The first-order valence-corrected chi connectivity index (χ1v) is 7.40. The Bertz CT molecular complexity index is 369. The van der Waals surface area contributed by atoms with Crippen LogP contribution >= 0.6 is 11.6 Å². The Hall–Kier alpha value is -0.690. The zero-order chi connectivity index (χ0) is 13.0.